The van der Waals surface area contributed by atoms with Crippen LogP contribution in [0.15, 0.2) is 24.3 Å². The fourth-order valence-corrected chi connectivity index (χ4v) is 1.44. The molecule has 0 heterocycles. The van der Waals surface area contributed by atoms with Crippen molar-refractivity contribution in [3.63, 3.8) is 0 Å². The summed E-state index contributed by atoms with van der Waals surface area (Å²) in [5, 5.41) is 57.5. The van der Waals surface area contributed by atoms with Crippen LogP contribution in [0.1, 0.15) is 0 Å². The van der Waals surface area contributed by atoms with Crippen molar-refractivity contribution >= 4 is 11.6 Å². The molecule has 0 aliphatic heterocycles. The Morgan fingerprint density at radius 3 is 2.10 bits per heavy atom. The number of nitrogens with one attached hydrogen (secondary N) is 1. The fraction of sp³-hybridized carbons (Fsp3) is 0.417. The van der Waals surface area contributed by atoms with E-state index in [2.05, 4.69) is 5.32 Å². The van der Waals surface area contributed by atoms with Crippen LogP contribution in [0.2, 0.25) is 0 Å². The molecule has 0 spiro atoms. The second kappa shape index (κ2) is 7.17. The molecule has 1 amide bonds. The quantitative estimate of drug-likeness (QED) is 0.292. The van der Waals surface area contributed by atoms with E-state index in [1.54, 1.807) is 0 Å². The van der Waals surface area contributed by atoms with Crippen molar-refractivity contribution in [2.24, 2.45) is 0 Å². The molecule has 0 radical (unpaired) electrons. The average Bonchev–Trinajstić information content (AvgIpc) is 2.46. The lowest BCUT2D eigenvalue weighted by Gasteiger charge is -2.24. The Kier molecular flexibility index (Phi) is 5.86. The molecule has 8 nitrogen and oxygen atoms in total. The second-order valence-corrected chi connectivity index (χ2v) is 4.21. The first-order valence-corrected chi connectivity index (χ1v) is 5.80. The van der Waals surface area contributed by atoms with E-state index in [1.807, 2.05) is 0 Å². The number of carbonyl (C=O) groups is 1. The van der Waals surface area contributed by atoms with Crippen molar-refractivity contribution in [1.82, 2.24) is 0 Å². The van der Waals surface area contributed by atoms with Crippen LogP contribution in [-0.2, 0) is 4.79 Å². The van der Waals surface area contributed by atoms with Crippen molar-refractivity contribution in [3.8, 4) is 5.75 Å². The Labute approximate surface area is 114 Å². The fourth-order valence-electron chi connectivity index (χ4n) is 1.44. The molecule has 0 bridgehead atoms. The van der Waals surface area contributed by atoms with Gasteiger partial charge in [-0.1, -0.05) is 0 Å². The predicted molar refractivity (Wildman–Crippen MR) is 67.8 cm³/mol. The molecule has 1 aromatic carbocycles. The van der Waals surface area contributed by atoms with Gasteiger partial charge in [0.05, 0.1) is 6.61 Å². The zero-order valence-electron chi connectivity index (χ0n) is 10.4. The number of rotatable bonds is 6. The highest BCUT2D eigenvalue weighted by Crippen LogP contribution is 2.14. The first-order valence-electron chi connectivity index (χ1n) is 5.80. The Morgan fingerprint density at radius 1 is 1.05 bits per heavy atom. The van der Waals surface area contributed by atoms with E-state index in [0.717, 1.165) is 0 Å². The van der Waals surface area contributed by atoms with Gasteiger partial charge in [-0.05, 0) is 24.3 Å². The lowest BCUT2D eigenvalue weighted by atomic mass is 10.0. The molecule has 0 saturated heterocycles. The number of aromatic hydroxyl groups is 1. The molecular formula is C12H17NO7. The predicted octanol–water partition coefficient (Wildman–Crippen LogP) is -2.23. The summed E-state index contributed by atoms with van der Waals surface area (Å²) in [6.07, 6.45) is -7.52. The molecule has 0 aliphatic carbocycles. The van der Waals surface area contributed by atoms with E-state index in [0.29, 0.717) is 0 Å². The maximum atomic E-state index is 11.6. The van der Waals surface area contributed by atoms with Crippen LogP contribution < -0.4 is 5.32 Å². The Bertz CT molecular complexity index is 436. The summed E-state index contributed by atoms with van der Waals surface area (Å²) < 4.78 is 0. The smallest absolute Gasteiger partial charge is 0.256 e. The van der Waals surface area contributed by atoms with Gasteiger partial charge in [0.15, 0.2) is 6.10 Å². The van der Waals surface area contributed by atoms with Crippen LogP contribution >= 0.6 is 0 Å². The van der Waals surface area contributed by atoms with Crippen molar-refractivity contribution < 1.29 is 35.4 Å². The van der Waals surface area contributed by atoms with Crippen molar-refractivity contribution in [2.75, 3.05) is 11.9 Å². The van der Waals surface area contributed by atoms with Crippen LogP contribution in [0.25, 0.3) is 0 Å². The maximum absolute atomic E-state index is 11.6. The number of carbonyl (C=O) groups excluding carboxylic acids is 1. The van der Waals surface area contributed by atoms with Gasteiger partial charge < -0.3 is 36.0 Å². The van der Waals surface area contributed by atoms with Gasteiger partial charge in [0.2, 0.25) is 0 Å². The van der Waals surface area contributed by atoms with E-state index < -0.39 is 36.9 Å². The largest absolute Gasteiger partial charge is 0.508 e. The minimum Gasteiger partial charge on any atom is -0.508 e. The third kappa shape index (κ3) is 4.15. The third-order valence-electron chi connectivity index (χ3n) is 2.66. The van der Waals surface area contributed by atoms with Gasteiger partial charge in [-0.3, -0.25) is 4.79 Å². The SMILES string of the molecule is O=C(Nc1ccc(O)cc1)[C@@H](O)[C@@H](O)[C@H](O)[C@H](O)CO. The van der Waals surface area contributed by atoms with Crippen molar-refractivity contribution in [2.45, 2.75) is 24.4 Å². The van der Waals surface area contributed by atoms with Crippen molar-refractivity contribution in [3.05, 3.63) is 24.3 Å². The summed E-state index contributed by atoms with van der Waals surface area (Å²) in [4.78, 5) is 11.6. The minimum absolute atomic E-state index is 0.00919. The van der Waals surface area contributed by atoms with Gasteiger partial charge in [-0.2, -0.15) is 0 Å². The molecule has 0 saturated carbocycles. The van der Waals surface area contributed by atoms with Gasteiger partial charge in [-0.15, -0.1) is 0 Å². The van der Waals surface area contributed by atoms with E-state index in [-0.39, 0.29) is 11.4 Å². The summed E-state index contributed by atoms with van der Waals surface area (Å²) in [5.41, 5.74) is 0.260. The number of aliphatic hydroxyl groups excluding tert-OH is 5. The van der Waals surface area contributed by atoms with E-state index >= 15 is 0 Å². The molecule has 112 valence electrons. The number of hydrogen-bond acceptors (Lipinski definition) is 7. The molecule has 20 heavy (non-hydrogen) atoms. The van der Waals surface area contributed by atoms with E-state index in [4.69, 9.17) is 15.3 Å². The number of phenols is 1. The summed E-state index contributed by atoms with van der Waals surface area (Å²) >= 11 is 0. The number of aliphatic hydroxyl groups is 5. The lowest BCUT2D eigenvalue weighted by Crippen LogP contribution is -2.50. The van der Waals surface area contributed by atoms with Crippen LogP contribution in [-0.4, -0.2) is 67.6 Å². The summed E-state index contributed by atoms with van der Waals surface area (Å²) in [6.45, 7) is -0.829. The highest BCUT2D eigenvalue weighted by atomic mass is 16.4. The van der Waals surface area contributed by atoms with Gasteiger partial charge in [0.1, 0.15) is 24.1 Å². The molecular weight excluding hydrogens is 270 g/mol. The molecule has 0 unspecified atom stereocenters. The Hall–Kier alpha value is -1.71. The standard InChI is InChI=1S/C12H17NO7/c14-5-8(16)9(17)10(18)11(19)12(20)13-6-1-3-7(15)4-2-6/h1-4,8-11,14-19H,5H2,(H,13,20)/t8-,9-,10+,11+/m1/s1. The maximum Gasteiger partial charge on any atom is 0.256 e. The molecule has 1 rings (SSSR count). The number of hydrogen-bond donors (Lipinski definition) is 7. The van der Waals surface area contributed by atoms with Crippen molar-refractivity contribution in [1.29, 1.82) is 0 Å². The number of benzene rings is 1. The van der Waals surface area contributed by atoms with Crippen LogP contribution in [0.3, 0.4) is 0 Å². The minimum atomic E-state index is -2.00. The molecule has 7 N–H and O–H groups in total. The molecule has 4 atom stereocenters. The molecule has 1 aromatic rings. The van der Waals surface area contributed by atoms with Gasteiger partial charge in [0, 0.05) is 5.69 Å². The normalized spacial score (nSPS) is 17.1. The second-order valence-electron chi connectivity index (χ2n) is 4.21. The zero-order valence-corrected chi connectivity index (χ0v) is 10.4. The topological polar surface area (TPSA) is 150 Å². The molecule has 0 fully saturated rings. The monoisotopic (exact) mass is 287 g/mol. The lowest BCUT2D eigenvalue weighted by molar-refractivity contribution is -0.144. The van der Waals surface area contributed by atoms with Crippen LogP contribution in [0.4, 0.5) is 5.69 Å². The van der Waals surface area contributed by atoms with Crippen LogP contribution in [0.5, 0.6) is 5.75 Å². The summed E-state index contributed by atoms with van der Waals surface area (Å²) in [6, 6.07) is 5.35. The highest BCUT2D eigenvalue weighted by Gasteiger charge is 2.34. The molecule has 0 aliphatic rings. The highest BCUT2D eigenvalue weighted by molar-refractivity contribution is 5.94. The van der Waals surface area contributed by atoms with Gasteiger partial charge in [0.25, 0.3) is 5.91 Å². The van der Waals surface area contributed by atoms with E-state index in [9.17, 15) is 20.1 Å². The number of amides is 1. The summed E-state index contributed by atoms with van der Waals surface area (Å²) in [7, 11) is 0. The number of anilines is 1. The molecule has 0 aromatic heterocycles. The third-order valence-corrected chi connectivity index (χ3v) is 2.66. The van der Waals surface area contributed by atoms with Crippen LogP contribution in [0, 0.1) is 0 Å². The van der Waals surface area contributed by atoms with Gasteiger partial charge >= 0.3 is 0 Å². The zero-order chi connectivity index (χ0) is 15.3. The molecule has 8 heteroatoms. The Balaban J connectivity index is 2.64. The van der Waals surface area contributed by atoms with E-state index in [1.165, 1.54) is 24.3 Å². The number of phenolic OH excluding ortho intramolecular Hbond substituents is 1. The van der Waals surface area contributed by atoms with Gasteiger partial charge in [-0.25, -0.2) is 0 Å². The summed E-state index contributed by atoms with van der Waals surface area (Å²) in [5.74, 6) is -1.02. The first-order chi connectivity index (χ1) is 9.36. The first kappa shape index (κ1) is 16.3. The Morgan fingerprint density at radius 2 is 1.60 bits per heavy atom. The average molecular weight is 287 g/mol.